The molecule has 1 aromatic heterocycles. The zero-order valence-electron chi connectivity index (χ0n) is 10.9. The summed E-state index contributed by atoms with van der Waals surface area (Å²) in [6.45, 7) is 7.34. The van der Waals surface area contributed by atoms with Gasteiger partial charge in [-0.2, -0.15) is 0 Å². The van der Waals surface area contributed by atoms with Gasteiger partial charge in [0.1, 0.15) is 11.3 Å². The molecule has 0 bridgehead atoms. The molecule has 0 saturated carbocycles. The van der Waals surface area contributed by atoms with Crippen LogP contribution in [0, 0.1) is 0 Å². The van der Waals surface area contributed by atoms with E-state index in [2.05, 4.69) is 10.3 Å². The van der Waals surface area contributed by atoms with Gasteiger partial charge in [0.15, 0.2) is 0 Å². The second kappa shape index (κ2) is 5.67. The Kier molecular flexibility index (Phi) is 4.71. The predicted molar refractivity (Wildman–Crippen MR) is 72.1 cm³/mol. The summed E-state index contributed by atoms with van der Waals surface area (Å²) in [5.74, 6) is -0.348. The normalized spacial score (nSPS) is 14.4. The third kappa shape index (κ3) is 3.68. The van der Waals surface area contributed by atoms with Gasteiger partial charge < -0.3 is 10.1 Å². The van der Waals surface area contributed by atoms with Crippen molar-refractivity contribution in [1.29, 1.82) is 0 Å². The molecule has 0 aliphatic carbocycles. The molecule has 0 radical (unpaired) electrons. The lowest BCUT2D eigenvalue weighted by Crippen LogP contribution is -2.26. The number of esters is 1. The van der Waals surface area contributed by atoms with E-state index in [-0.39, 0.29) is 18.4 Å². The highest BCUT2D eigenvalue weighted by Gasteiger charge is 2.20. The van der Waals surface area contributed by atoms with E-state index < -0.39 is 5.60 Å². The molecule has 2 heterocycles. The van der Waals surface area contributed by atoms with Crippen LogP contribution in [0.3, 0.4) is 0 Å². The molecule has 18 heavy (non-hydrogen) atoms. The maximum atomic E-state index is 11.8. The molecule has 1 aliphatic heterocycles. The fourth-order valence-electron chi connectivity index (χ4n) is 1.81. The van der Waals surface area contributed by atoms with E-state index in [9.17, 15) is 4.79 Å². The molecule has 0 unspecified atom stereocenters. The summed E-state index contributed by atoms with van der Waals surface area (Å²) in [5, 5.41) is 3.27. The van der Waals surface area contributed by atoms with Gasteiger partial charge >= 0.3 is 5.97 Å². The van der Waals surface area contributed by atoms with Gasteiger partial charge in [0.05, 0.1) is 0 Å². The summed E-state index contributed by atoms with van der Waals surface area (Å²) < 4.78 is 5.30. The first-order valence-corrected chi connectivity index (χ1v) is 5.87. The Balaban J connectivity index is 0.00000162. The van der Waals surface area contributed by atoms with Gasteiger partial charge in [-0.25, -0.2) is 9.78 Å². The number of halogens is 1. The first-order chi connectivity index (χ1) is 7.96. The van der Waals surface area contributed by atoms with E-state index in [1.54, 1.807) is 6.20 Å². The van der Waals surface area contributed by atoms with Crippen LogP contribution in [0.25, 0.3) is 0 Å². The van der Waals surface area contributed by atoms with Crippen molar-refractivity contribution in [3.05, 3.63) is 29.1 Å². The lowest BCUT2D eigenvalue weighted by Gasteiger charge is -2.20. The Morgan fingerprint density at radius 1 is 1.39 bits per heavy atom. The number of hydrogen-bond acceptors (Lipinski definition) is 4. The first-order valence-electron chi connectivity index (χ1n) is 5.87. The molecule has 1 N–H and O–H groups in total. The summed E-state index contributed by atoms with van der Waals surface area (Å²) in [4.78, 5) is 16.0. The van der Waals surface area contributed by atoms with Crippen LogP contribution >= 0.6 is 12.4 Å². The fourth-order valence-corrected chi connectivity index (χ4v) is 1.81. The van der Waals surface area contributed by atoms with E-state index in [4.69, 9.17) is 4.74 Å². The molecule has 1 aliphatic rings. The molecule has 2 rings (SSSR count). The number of pyridine rings is 1. The van der Waals surface area contributed by atoms with Crippen LogP contribution < -0.4 is 5.32 Å². The second-order valence-corrected chi connectivity index (χ2v) is 5.27. The average Bonchev–Trinajstić information content (AvgIpc) is 2.26. The standard InChI is InChI=1S/C13H18N2O2.ClH/c1-13(2,3)17-12(16)11-6-9-4-5-14-7-10(9)8-15-11;/h6,8,14H,4-5,7H2,1-3H3;1H. The van der Waals surface area contributed by atoms with Crippen LogP contribution in [-0.4, -0.2) is 23.1 Å². The maximum Gasteiger partial charge on any atom is 0.357 e. The molecule has 100 valence electrons. The van der Waals surface area contributed by atoms with Crippen molar-refractivity contribution >= 4 is 18.4 Å². The fraction of sp³-hybridized carbons (Fsp3) is 0.538. The average molecular weight is 271 g/mol. The molecule has 5 heteroatoms. The zero-order valence-corrected chi connectivity index (χ0v) is 11.8. The minimum Gasteiger partial charge on any atom is -0.455 e. The van der Waals surface area contributed by atoms with E-state index in [1.807, 2.05) is 26.8 Å². The number of hydrogen-bond donors (Lipinski definition) is 1. The molecule has 0 atom stereocenters. The van der Waals surface area contributed by atoms with Crippen LogP contribution in [0.2, 0.25) is 0 Å². The number of nitrogens with one attached hydrogen (secondary N) is 1. The Morgan fingerprint density at radius 2 is 2.11 bits per heavy atom. The van der Waals surface area contributed by atoms with Gasteiger partial charge in [0.2, 0.25) is 0 Å². The van der Waals surface area contributed by atoms with E-state index in [0.29, 0.717) is 5.69 Å². The highest BCUT2D eigenvalue weighted by molar-refractivity contribution is 5.87. The zero-order chi connectivity index (χ0) is 12.5. The molecule has 0 spiro atoms. The molecular weight excluding hydrogens is 252 g/mol. The number of carbonyl (C=O) groups excluding carboxylic acids is 1. The van der Waals surface area contributed by atoms with Crippen LogP contribution in [0.5, 0.6) is 0 Å². The number of nitrogens with zero attached hydrogens (tertiary/aromatic N) is 1. The lowest BCUT2D eigenvalue weighted by molar-refractivity contribution is 0.00626. The van der Waals surface area contributed by atoms with Gasteiger partial charge in [-0.3, -0.25) is 0 Å². The minimum atomic E-state index is -0.476. The van der Waals surface area contributed by atoms with E-state index in [1.165, 1.54) is 11.1 Å². The van der Waals surface area contributed by atoms with Crippen LogP contribution in [0.4, 0.5) is 0 Å². The molecule has 0 fully saturated rings. The number of carbonyl (C=O) groups is 1. The minimum absolute atomic E-state index is 0. The van der Waals surface area contributed by atoms with Gasteiger partial charge in [0.25, 0.3) is 0 Å². The number of aromatic nitrogens is 1. The largest absolute Gasteiger partial charge is 0.455 e. The van der Waals surface area contributed by atoms with Crippen LogP contribution in [0.15, 0.2) is 12.3 Å². The Hall–Kier alpha value is -1.13. The smallest absolute Gasteiger partial charge is 0.357 e. The Labute approximate surface area is 114 Å². The second-order valence-electron chi connectivity index (χ2n) is 5.27. The SMILES string of the molecule is CC(C)(C)OC(=O)c1cc2c(cn1)CNCC2.Cl. The lowest BCUT2D eigenvalue weighted by atomic mass is 10.0. The van der Waals surface area contributed by atoms with Gasteiger partial charge in [-0.15, -0.1) is 12.4 Å². The van der Waals surface area contributed by atoms with E-state index in [0.717, 1.165) is 19.5 Å². The highest BCUT2D eigenvalue weighted by atomic mass is 35.5. The Bertz CT molecular complexity index is 441. The van der Waals surface area contributed by atoms with Crippen molar-refractivity contribution in [3.8, 4) is 0 Å². The first kappa shape index (κ1) is 14.9. The van der Waals surface area contributed by atoms with Crippen molar-refractivity contribution in [1.82, 2.24) is 10.3 Å². The van der Waals surface area contributed by atoms with Crippen molar-refractivity contribution in [2.75, 3.05) is 6.54 Å². The van der Waals surface area contributed by atoms with Crippen molar-refractivity contribution in [2.45, 2.75) is 39.3 Å². The third-order valence-electron chi connectivity index (χ3n) is 2.58. The number of rotatable bonds is 1. The van der Waals surface area contributed by atoms with Gasteiger partial charge in [-0.05, 0) is 50.9 Å². The topological polar surface area (TPSA) is 51.2 Å². The van der Waals surface area contributed by atoms with Gasteiger partial charge in [-0.1, -0.05) is 0 Å². The highest BCUT2D eigenvalue weighted by Crippen LogP contribution is 2.16. The molecule has 0 amide bonds. The summed E-state index contributed by atoms with van der Waals surface area (Å²) in [7, 11) is 0. The maximum absolute atomic E-state index is 11.8. The molecule has 0 aromatic carbocycles. The molecular formula is C13H19ClN2O2. The van der Waals surface area contributed by atoms with E-state index >= 15 is 0 Å². The molecule has 0 saturated heterocycles. The summed E-state index contributed by atoms with van der Waals surface area (Å²) in [5.41, 5.74) is 2.29. The van der Waals surface area contributed by atoms with Gasteiger partial charge in [0, 0.05) is 12.7 Å². The number of ether oxygens (including phenoxy) is 1. The van der Waals surface area contributed by atoms with Crippen molar-refractivity contribution < 1.29 is 9.53 Å². The summed E-state index contributed by atoms with van der Waals surface area (Å²) >= 11 is 0. The van der Waals surface area contributed by atoms with Crippen molar-refractivity contribution in [3.63, 3.8) is 0 Å². The Morgan fingerprint density at radius 3 is 2.78 bits per heavy atom. The van der Waals surface area contributed by atoms with Crippen molar-refractivity contribution in [2.24, 2.45) is 0 Å². The molecule has 1 aromatic rings. The quantitative estimate of drug-likeness (QED) is 0.794. The predicted octanol–water partition coefficient (Wildman–Crippen LogP) is 2.10. The van der Waals surface area contributed by atoms with Crippen LogP contribution in [-0.2, 0) is 17.7 Å². The summed E-state index contributed by atoms with van der Waals surface area (Å²) in [6, 6.07) is 1.85. The van der Waals surface area contributed by atoms with Crippen LogP contribution in [0.1, 0.15) is 42.4 Å². The number of fused-ring (bicyclic) bond motifs is 1. The third-order valence-corrected chi connectivity index (χ3v) is 2.58. The summed E-state index contributed by atoms with van der Waals surface area (Å²) in [6.07, 6.45) is 2.70. The monoisotopic (exact) mass is 270 g/mol. The molecule has 4 nitrogen and oxygen atoms in total.